The van der Waals surface area contributed by atoms with Gasteiger partial charge in [-0.1, -0.05) is 24.6 Å². The van der Waals surface area contributed by atoms with Crippen molar-refractivity contribution >= 4 is 40.8 Å². The Hall–Kier alpha value is -4.89. The summed E-state index contributed by atoms with van der Waals surface area (Å²) in [6, 6.07) is 8.53. The molecule has 2 amide bonds. The third-order valence-electron chi connectivity index (χ3n) is 8.23. The molecule has 0 bridgehead atoms. The van der Waals surface area contributed by atoms with Crippen molar-refractivity contribution in [2.24, 2.45) is 0 Å². The fraction of sp³-hybridized carbons (Fsp3) is 0.324. The first-order valence-corrected chi connectivity index (χ1v) is 15.9. The maximum absolute atomic E-state index is 14.4. The Labute approximate surface area is 289 Å². The van der Waals surface area contributed by atoms with Crippen LogP contribution >= 0.6 is 11.6 Å². The van der Waals surface area contributed by atoms with Crippen LogP contribution in [0.15, 0.2) is 54.7 Å². The summed E-state index contributed by atoms with van der Waals surface area (Å²) in [5.74, 6) is -5.11. The molecule has 16 heteroatoms. The fourth-order valence-electron chi connectivity index (χ4n) is 5.62. The number of aromatic nitrogens is 3. The topological polar surface area (TPSA) is 112 Å². The summed E-state index contributed by atoms with van der Waals surface area (Å²) in [5, 5.41) is 5.21. The van der Waals surface area contributed by atoms with Gasteiger partial charge in [0.15, 0.2) is 5.82 Å². The number of Topliss-reactive ketones (excluding diaryl/α,β-unsaturated/α-hetero) is 1. The lowest BCUT2D eigenvalue weighted by atomic mass is 9.96. The number of hydrogen-bond donors (Lipinski definition) is 2. The number of alkyl halides is 3. The first-order chi connectivity index (χ1) is 23.6. The minimum Gasteiger partial charge on any atom is -0.354 e. The molecule has 4 aromatic rings. The molecule has 264 valence electrons. The third kappa shape index (κ3) is 8.45. The lowest BCUT2D eigenvalue weighted by molar-refractivity contribution is -0.137. The van der Waals surface area contributed by atoms with Crippen LogP contribution in [0.4, 0.5) is 33.6 Å². The minimum absolute atomic E-state index is 0.00754. The predicted molar refractivity (Wildman–Crippen MR) is 176 cm³/mol. The average Bonchev–Trinajstić information content (AvgIpc) is 3.40. The van der Waals surface area contributed by atoms with Crippen molar-refractivity contribution in [3.63, 3.8) is 0 Å². The Kier molecular flexibility index (Phi) is 10.9. The second-order valence-electron chi connectivity index (χ2n) is 12.0. The van der Waals surface area contributed by atoms with E-state index in [0.29, 0.717) is 17.7 Å². The first-order valence-electron chi connectivity index (χ1n) is 15.5. The van der Waals surface area contributed by atoms with Gasteiger partial charge in [0.05, 0.1) is 17.8 Å². The molecule has 0 saturated carbocycles. The lowest BCUT2D eigenvalue weighted by Crippen LogP contribution is -2.44. The zero-order chi connectivity index (χ0) is 36.3. The number of nitrogens with one attached hydrogen (secondary N) is 2. The summed E-state index contributed by atoms with van der Waals surface area (Å²) in [7, 11) is 2.05. The smallest absolute Gasteiger partial charge is 0.354 e. The number of rotatable bonds is 10. The number of amides is 2. The van der Waals surface area contributed by atoms with E-state index in [4.69, 9.17) is 11.6 Å². The second-order valence-corrected chi connectivity index (χ2v) is 12.4. The number of imidazole rings is 1. The van der Waals surface area contributed by atoms with Gasteiger partial charge in [-0.3, -0.25) is 14.4 Å². The van der Waals surface area contributed by atoms with Crippen molar-refractivity contribution in [3.8, 4) is 0 Å². The number of ketones is 1. The van der Waals surface area contributed by atoms with E-state index in [2.05, 4.69) is 30.4 Å². The van der Waals surface area contributed by atoms with Gasteiger partial charge >= 0.3 is 6.18 Å². The van der Waals surface area contributed by atoms with Crippen LogP contribution in [0.5, 0.6) is 0 Å². The van der Waals surface area contributed by atoms with Gasteiger partial charge in [-0.25, -0.2) is 18.7 Å². The molecule has 0 spiro atoms. The van der Waals surface area contributed by atoms with E-state index in [1.807, 2.05) is 19.2 Å². The van der Waals surface area contributed by atoms with Crippen molar-refractivity contribution in [3.05, 3.63) is 105 Å². The molecule has 1 fully saturated rings. The summed E-state index contributed by atoms with van der Waals surface area (Å²) in [5.41, 5.74) is -1.19. The molecule has 1 aliphatic rings. The Morgan fingerprint density at radius 1 is 0.960 bits per heavy atom. The number of halogens is 6. The number of benzene rings is 2. The molecule has 0 aliphatic carbocycles. The summed E-state index contributed by atoms with van der Waals surface area (Å²) < 4.78 is 70.0. The maximum atomic E-state index is 14.4. The first kappa shape index (κ1) is 36.4. The molecule has 1 aliphatic heterocycles. The molecule has 5 rings (SSSR count). The Morgan fingerprint density at radius 3 is 2.32 bits per heavy atom. The molecule has 2 N–H and O–H groups in total. The zero-order valence-corrected chi connectivity index (χ0v) is 28.0. The molecule has 0 radical (unpaired) electrons. The number of carbonyl (C=O) groups excluding carboxylic acids is 3. The summed E-state index contributed by atoms with van der Waals surface area (Å²) >= 11 is 6.40. The number of pyridine rings is 1. The highest BCUT2D eigenvalue weighted by atomic mass is 35.5. The molecule has 1 saturated heterocycles. The number of carbonyl (C=O) groups is 3. The highest BCUT2D eigenvalue weighted by Crippen LogP contribution is 2.36. The van der Waals surface area contributed by atoms with E-state index in [0.717, 1.165) is 44.1 Å². The van der Waals surface area contributed by atoms with Crippen LogP contribution in [-0.4, -0.2) is 70.3 Å². The normalized spacial score (nSPS) is 14.4. The maximum Gasteiger partial charge on any atom is 0.416 e. The number of likely N-dealkylation sites (N-methyl/N-ethyl adjacent to an activating group) is 1. The largest absolute Gasteiger partial charge is 0.416 e. The van der Waals surface area contributed by atoms with Gasteiger partial charge in [0.25, 0.3) is 11.8 Å². The lowest BCUT2D eigenvalue weighted by Gasteiger charge is -2.33. The fourth-order valence-corrected chi connectivity index (χ4v) is 5.90. The Balaban J connectivity index is 1.49. The number of nitrogens with zero attached hydrogens (tertiary/aromatic N) is 5. The predicted octanol–water partition coefficient (Wildman–Crippen LogP) is 5.90. The van der Waals surface area contributed by atoms with Crippen molar-refractivity contribution in [1.29, 1.82) is 0 Å². The van der Waals surface area contributed by atoms with E-state index in [-0.39, 0.29) is 40.5 Å². The van der Waals surface area contributed by atoms with Crippen molar-refractivity contribution in [1.82, 2.24) is 24.8 Å². The average molecular weight is 718 g/mol. The quantitative estimate of drug-likeness (QED) is 0.197. The van der Waals surface area contributed by atoms with Gasteiger partial charge < -0.3 is 25.0 Å². The molecule has 50 heavy (non-hydrogen) atoms. The van der Waals surface area contributed by atoms with Gasteiger partial charge in [-0.05, 0) is 67.6 Å². The number of piperazine rings is 1. The molecular formula is C34H33ClF5N7O3. The third-order valence-corrected chi connectivity index (χ3v) is 8.58. The van der Waals surface area contributed by atoms with Crippen LogP contribution in [0.2, 0.25) is 5.02 Å². The highest BCUT2D eigenvalue weighted by Gasteiger charge is 2.33. The summed E-state index contributed by atoms with van der Waals surface area (Å²) in [4.78, 5) is 52.6. The van der Waals surface area contributed by atoms with E-state index in [1.54, 1.807) is 13.1 Å². The zero-order valence-electron chi connectivity index (χ0n) is 27.2. The standard InChI is InChI=1S/C34H33ClF5N7O3/c1-19(48)18-47-29(20(2)26-15-24(36)5-6-27(26)35)30(44-32(49)22-12-23(34(38,39)40)14-25(37)13-22)43-31(47)33(50)42-17-21-4-7-28(41-16-21)46-10-8-45(3)9-11-46/h4-7,12-16,20H,8-11,17-18H2,1-3H3,(H,42,50)(H,44,49)/t20-/m0/s1. The van der Waals surface area contributed by atoms with Crippen LogP contribution in [0.1, 0.15) is 63.1 Å². The van der Waals surface area contributed by atoms with E-state index in [1.165, 1.54) is 17.6 Å². The van der Waals surface area contributed by atoms with E-state index in [9.17, 15) is 36.3 Å². The Morgan fingerprint density at radius 2 is 1.68 bits per heavy atom. The molecule has 3 heterocycles. The molecule has 1 atom stereocenters. The molecule has 2 aromatic heterocycles. The molecular weight excluding hydrogens is 685 g/mol. The van der Waals surface area contributed by atoms with Gasteiger partial charge in [0.2, 0.25) is 5.82 Å². The van der Waals surface area contributed by atoms with Crippen LogP contribution in [0.3, 0.4) is 0 Å². The van der Waals surface area contributed by atoms with Gasteiger partial charge in [-0.2, -0.15) is 13.2 Å². The van der Waals surface area contributed by atoms with Gasteiger partial charge in [0, 0.05) is 55.4 Å². The monoisotopic (exact) mass is 717 g/mol. The van der Waals surface area contributed by atoms with Crippen LogP contribution in [0.25, 0.3) is 0 Å². The highest BCUT2D eigenvalue weighted by molar-refractivity contribution is 6.31. The molecule has 10 nitrogen and oxygen atoms in total. The van der Waals surface area contributed by atoms with Crippen LogP contribution in [0, 0.1) is 11.6 Å². The molecule has 0 unspecified atom stereocenters. The van der Waals surface area contributed by atoms with E-state index < -0.39 is 59.0 Å². The Bertz CT molecular complexity index is 1910. The number of hydrogen-bond acceptors (Lipinski definition) is 7. The minimum atomic E-state index is -4.94. The van der Waals surface area contributed by atoms with Crippen LogP contribution in [-0.2, 0) is 24.1 Å². The SMILES string of the molecule is CC(=O)Cn1c(C(=O)NCc2ccc(N3CCN(C)CC3)nc2)nc(NC(=O)c2cc(F)cc(C(F)(F)F)c2)c1[C@@H](C)c1cc(F)ccc1Cl. The van der Waals surface area contributed by atoms with Gasteiger partial charge in [0.1, 0.15) is 23.2 Å². The second kappa shape index (κ2) is 14.9. The van der Waals surface area contributed by atoms with Crippen molar-refractivity contribution in [2.45, 2.75) is 39.0 Å². The summed E-state index contributed by atoms with van der Waals surface area (Å²) in [6.07, 6.45) is -3.32. The van der Waals surface area contributed by atoms with E-state index >= 15 is 0 Å². The van der Waals surface area contributed by atoms with Crippen molar-refractivity contribution < 1.29 is 36.3 Å². The van der Waals surface area contributed by atoms with Crippen LogP contribution < -0.4 is 15.5 Å². The molecule has 2 aromatic carbocycles. The van der Waals surface area contributed by atoms with Crippen molar-refractivity contribution in [2.75, 3.05) is 43.4 Å². The summed E-state index contributed by atoms with van der Waals surface area (Å²) in [6.45, 7) is 5.84. The number of anilines is 2. The van der Waals surface area contributed by atoms with Gasteiger partial charge in [-0.15, -0.1) is 0 Å².